The molecule has 0 fully saturated rings. The van der Waals surface area contributed by atoms with Crippen LogP contribution in [0, 0.1) is 0 Å². The zero-order chi connectivity index (χ0) is 19.5. The van der Waals surface area contributed by atoms with E-state index in [1.165, 1.54) is 0 Å². The van der Waals surface area contributed by atoms with Gasteiger partial charge in [-0.2, -0.15) is 0 Å². The molecule has 0 bridgehead atoms. The minimum absolute atomic E-state index is 0.289. The normalized spacial score (nSPS) is 13.4. The highest BCUT2D eigenvalue weighted by molar-refractivity contribution is 6.47. The summed E-state index contributed by atoms with van der Waals surface area (Å²) >= 11 is 0. The Kier molecular flexibility index (Phi) is 9.93. The highest BCUT2D eigenvalue weighted by Crippen LogP contribution is 2.26. The van der Waals surface area contributed by atoms with E-state index < -0.39 is 33.7 Å². The van der Waals surface area contributed by atoms with Crippen molar-refractivity contribution in [3.8, 4) is 0 Å². The van der Waals surface area contributed by atoms with Gasteiger partial charge in [0, 0.05) is 18.9 Å². The van der Waals surface area contributed by atoms with Gasteiger partial charge in [-0.25, -0.2) is 4.79 Å². The van der Waals surface area contributed by atoms with Gasteiger partial charge in [-0.3, -0.25) is 4.79 Å². The lowest BCUT2D eigenvalue weighted by Gasteiger charge is -2.40. The summed E-state index contributed by atoms with van der Waals surface area (Å²) < 4.78 is 11.7. The fourth-order valence-electron chi connectivity index (χ4n) is 2.97. The number of rotatable bonds is 13. The number of benzene rings is 1. The fourth-order valence-corrected chi connectivity index (χ4v) is 5.42. The molecular weight excluding hydrogens is 354 g/mol. The zero-order valence-corrected chi connectivity index (χ0v) is 16.8. The van der Waals surface area contributed by atoms with Crippen LogP contribution in [-0.4, -0.2) is 56.4 Å². The summed E-state index contributed by atoms with van der Waals surface area (Å²) in [7, 11) is -2.27. The van der Waals surface area contributed by atoms with Crippen LogP contribution in [0.5, 0.6) is 0 Å². The first-order valence-electron chi connectivity index (χ1n) is 8.97. The van der Waals surface area contributed by atoms with Crippen molar-refractivity contribution in [1.29, 1.82) is 0 Å². The molecule has 0 saturated carbocycles. The predicted octanol–water partition coefficient (Wildman–Crippen LogP) is 2.42. The first-order valence-corrected chi connectivity index (χ1v) is 10.6. The molecule has 0 aliphatic rings. The number of aliphatic carboxylic acids is 2. The van der Waals surface area contributed by atoms with E-state index in [0.29, 0.717) is 25.3 Å². The molecule has 1 rings (SSSR count). The lowest BCUT2D eigenvalue weighted by molar-refractivity contribution is -0.145. The van der Waals surface area contributed by atoms with E-state index in [0.717, 1.165) is 6.42 Å². The zero-order valence-electron chi connectivity index (χ0n) is 15.6. The van der Waals surface area contributed by atoms with Crippen molar-refractivity contribution in [3.63, 3.8) is 0 Å². The summed E-state index contributed by atoms with van der Waals surface area (Å²) in [6.07, 6.45) is 0.968. The third kappa shape index (κ3) is 6.43. The second kappa shape index (κ2) is 11.7. The number of nitrogens with zero attached hydrogens (tertiary/aromatic N) is 1. The monoisotopic (exact) mass is 383 g/mol. The summed E-state index contributed by atoms with van der Waals surface area (Å²) in [6, 6.07) is 7.85. The molecule has 0 spiro atoms. The van der Waals surface area contributed by atoms with Gasteiger partial charge in [0.2, 0.25) is 0 Å². The number of para-hydroxylation sites is 1. The summed E-state index contributed by atoms with van der Waals surface area (Å²) in [5, 5.41) is 19.0. The van der Waals surface area contributed by atoms with Crippen molar-refractivity contribution in [2.24, 2.45) is 0 Å². The lowest BCUT2D eigenvalue weighted by atomic mass is 10.1. The molecule has 0 amide bonds. The van der Waals surface area contributed by atoms with Gasteiger partial charge in [0.1, 0.15) is 6.04 Å². The average molecular weight is 384 g/mol. The van der Waals surface area contributed by atoms with E-state index in [1.54, 1.807) is 17.0 Å². The van der Waals surface area contributed by atoms with Crippen molar-refractivity contribution < 1.29 is 28.7 Å². The molecule has 26 heavy (non-hydrogen) atoms. The van der Waals surface area contributed by atoms with Crippen LogP contribution in [0.3, 0.4) is 0 Å². The van der Waals surface area contributed by atoms with Gasteiger partial charge < -0.3 is 24.0 Å². The Labute approximate surface area is 156 Å². The molecule has 7 nitrogen and oxygen atoms in total. The Bertz CT molecular complexity index is 550. The maximum Gasteiger partial charge on any atom is 0.344 e. The molecule has 146 valence electrons. The smallest absolute Gasteiger partial charge is 0.344 e. The maximum absolute atomic E-state index is 11.9. The standard InChI is InChI=1S/C18H29NO6Si/c1-4-10-16(26(24-5-2)25-6-3)19(14-11-8-7-9-12-14)15(18(22)23)13-17(20)21/h7-9,11-12,15-16,26H,4-6,10,13H2,1-3H3,(H,20,21)(H,22,23). The van der Waals surface area contributed by atoms with Crippen molar-refractivity contribution in [2.75, 3.05) is 18.1 Å². The summed E-state index contributed by atoms with van der Waals surface area (Å²) in [6.45, 7) is 6.70. The quantitative estimate of drug-likeness (QED) is 0.505. The van der Waals surface area contributed by atoms with Gasteiger partial charge in [-0.15, -0.1) is 0 Å². The molecule has 0 aliphatic carbocycles. The minimum Gasteiger partial charge on any atom is -0.481 e. The molecule has 8 heteroatoms. The van der Waals surface area contributed by atoms with Gasteiger partial charge in [-0.1, -0.05) is 31.5 Å². The Morgan fingerprint density at radius 1 is 1.08 bits per heavy atom. The second-order valence-electron chi connectivity index (χ2n) is 5.83. The van der Waals surface area contributed by atoms with Gasteiger partial charge >= 0.3 is 21.2 Å². The number of carboxylic acids is 2. The number of carbonyl (C=O) groups is 2. The molecule has 2 atom stereocenters. The Morgan fingerprint density at radius 2 is 1.65 bits per heavy atom. The number of hydrogen-bond donors (Lipinski definition) is 2. The van der Waals surface area contributed by atoms with Crippen molar-refractivity contribution in [2.45, 2.75) is 51.7 Å². The number of anilines is 1. The largest absolute Gasteiger partial charge is 0.481 e. The highest BCUT2D eigenvalue weighted by Gasteiger charge is 2.39. The lowest BCUT2D eigenvalue weighted by Crippen LogP contribution is -2.56. The Hall–Kier alpha value is -1.90. The molecular formula is C18H29NO6Si. The molecule has 1 aromatic rings. The Balaban J connectivity index is 3.40. The molecule has 1 aromatic carbocycles. The van der Waals surface area contributed by atoms with Crippen LogP contribution in [-0.2, 0) is 18.4 Å². The van der Waals surface area contributed by atoms with Gasteiger partial charge in [0.15, 0.2) is 0 Å². The third-order valence-corrected chi connectivity index (χ3v) is 6.57. The summed E-state index contributed by atoms with van der Waals surface area (Å²) in [5.41, 5.74) is 0.374. The van der Waals surface area contributed by atoms with E-state index in [1.807, 2.05) is 39.0 Å². The molecule has 0 saturated heterocycles. The van der Waals surface area contributed by atoms with E-state index in [9.17, 15) is 19.8 Å². The molecule has 0 radical (unpaired) electrons. The van der Waals surface area contributed by atoms with Crippen LogP contribution in [0.4, 0.5) is 5.69 Å². The van der Waals surface area contributed by atoms with E-state index in [2.05, 4.69) is 0 Å². The molecule has 2 unspecified atom stereocenters. The van der Waals surface area contributed by atoms with Crippen LogP contribution >= 0.6 is 0 Å². The van der Waals surface area contributed by atoms with E-state index >= 15 is 0 Å². The van der Waals surface area contributed by atoms with Crippen molar-refractivity contribution >= 4 is 26.9 Å². The minimum atomic E-state index is -2.27. The SMILES string of the molecule is CCCC(N(c1ccccc1)C(CC(=O)O)C(=O)O)[SiH](OCC)OCC. The van der Waals surface area contributed by atoms with E-state index in [-0.39, 0.29) is 5.67 Å². The fraction of sp³-hybridized carbons (Fsp3) is 0.556. The summed E-state index contributed by atoms with van der Waals surface area (Å²) in [5.74, 6) is -2.32. The topological polar surface area (TPSA) is 96.3 Å². The average Bonchev–Trinajstić information content (AvgIpc) is 2.60. The van der Waals surface area contributed by atoms with Gasteiger partial charge in [0.25, 0.3) is 0 Å². The van der Waals surface area contributed by atoms with Crippen molar-refractivity contribution in [1.82, 2.24) is 0 Å². The first-order chi connectivity index (χ1) is 12.5. The van der Waals surface area contributed by atoms with Crippen LogP contribution in [0.2, 0.25) is 0 Å². The first kappa shape index (κ1) is 22.1. The van der Waals surface area contributed by atoms with Crippen LogP contribution in [0.15, 0.2) is 30.3 Å². The van der Waals surface area contributed by atoms with Crippen LogP contribution in [0.1, 0.15) is 40.0 Å². The number of carboxylic acid groups (broad SMARTS) is 2. The Morgan fingerprint density at radius 3 is 2.08 bits per heavy atom. The van der Waals surface area contributed by atoms with Gasteiger partial charge in [0.05, 0.1) is 12.1 Å². The molecule has 0 aliphatic heterocycles. The second-order valence-corrected chi connectivity index (χ2v) is 8.00. The number of hydrogen-bond acceptors (Lipinski definition) is 5. The van der Waals surface area contributed by atoms with E-state index in [4.69, 9.17) is 8.85 Å². The van der Waals surface area contributed by atoms with Crippen molar-refractivity contribution in [3.05, 3.63) is 30.3 Å². The predicted molar refractivity (Wildman–Crippen MR) is 102 cm³/mol. The van der Waals surface area contributed by atoms with Crippen LogP contribution < -0.4 is 4.90 Å². The molecule has 0 heterocycles. The van der Waals surface area contributed by atoms with Gasteiger partial charge in [-0.05, 0) is 32.4 Å². The third-order valence-electron chi connectivity index (χ3n) is 3.96. The molecule has 2 N–H and O–H groups in total. The maximum atomic E-state index is 11.9. The van der Waals surface area contributed by atoms with Crippen LogP contribution in [0.25, 0.3) is 0 Å². The summed E-state index contributed by atoms with van der Waals surface area (Å²) in [4.78, 5) is 24.9. The molecule has 0 aromatic heterocycles. The highest BCUT2D eigenvalue weighted by atomic mass is 28.3.